The molecule has 1 aliphatic heterocycles. The van der Waals surface area contributed by atoms with Crippen LogP contribution < -0.4 is 15.0 Å². The second-order valence-electron chi connectivity index (χ2n) is 4.73. The number of ether oxygens (including phenoxy) is 1. The molecule has 0 atom stereocenters. The maximum absolute atomic E-state index is 12.0. The minimum atomic E-state index is -0.289. The number of anilines is 1. The number of aromatic nitrogens is 2. The minimum Gasteiger partial charge on any atom is -0.480 e. The van der Waals surface area contributed by atoms with E-state index in [-0.39, 0.29) is 25.0 Å². The van der Waals surface area contributed by atoms with Crippen LogP contribution in [-0.2, 0) is 16.1 Å². The number of fused-ring (bicyclic) bond motifs is 1. The van der Waals surface area contributed by atoms with Crippen molar-refractivity contribution in [1.29, 1.82) is 0 Å². The van der Waals surface area contributed by atoms with E-state index in [2.05, 4.69) is 15.3 Å². The summed E-state index contributed by atoms with van der Waals surface area (Å²) in [4.78, 5) is 33.4. The van der Waals surface area contributed by atoms with Gasteiger partial charge in [0.05, 0.1) is 0 Å². The fraction of sp³-hybridized carbons (Fsp3) is 0.200. The number of hydrogen-bond acceptors (Lipinski definition) is 5. The molecule has 7 nitrogen and oxygen atoms in total. The van der Waals surface area contributed by atoms with Crippen LogP contribution in [0, 0.1) is 0 Å². The zero-order valence-electron chi connectivity index (χ0n) is 11.7. The van der Waals surface area contributed by atoms with Crippen LogP contribution in [0.1, 0.15) is 5.56 Å². The summed E-state index contributed by atoms with van der Waals surface area (Å²) in [5.41, 5.74) is 0.891. The monoisotopic (exact) mass is 298 g/mol. The molecule has 112 valence electrons. The van der Waals surface area contributed by atoms with Gasteiger partial charge in [-0.25, -0.2) is 4.98 Å². The Kier molecular flexibility index (Phi) is 3.95. The van der Waals surface area contributed by atoms with E-state index in [9.17, 15) is 9.59 Å². The molecule has 0 unspecified atom stereocenters. The van der Waals surface area contributed by atoms with Gasteiger partial charge >= 0.3 is 0 Å². The number of rotatable bonds is 4. The van der Waals surface area contributed by atoms with Gasteiger partial charge in [0.2, 0.25) is 5.91 Å². The van der Waals surface area contributed by atoms with Crippen LogP contribution in [0.3, 0.4) is 0 Å². The average molecular weight is 298 g/mol. The molecule has 2 amide bonds. The van der Waals surface area contributed by atoms with Gasteiger partial charge in [0.25, 0.3) is 5.91 Å². The standard InChI is InChI=1S/C15H14N4O3/c20-13(18-8-11-3-1-5-16-7-11)9-19-14(21)10-22-12-4-2-6-17-15(12)19/h1-7H,8-10H2,(H,18,20). The zero-order chi connectivity index (χ0) is 15.4. The van der Waals surface area contributed by atoms with E-state index in [4.69, 9.17) is 4.74 Å². The highest BCUT2D eigenvalue weighted by atomic mass is 16.5. The first-order valence-corrected chi connectivity index (χ1v) is 6.78. The number of amides is 2. The summed E-state index contributed by atoms with van der Waals surface area (Å²) in [5, 5.41) is 2.76. The zero-order valence-corrected chi connectivity index (χ0v) is 11.7. The number of nitrogens with zero attached hydrogens (tertiary/aromatic N) is 3. The molecule has 2 aromatic rings. The summed E-state index contributed by atoms with van der Waals surface area (Å²) < 4.78 is 5.28. The lowest BCUT2D eigenvalue weighted by Gasteiger charge is -2.27. The van der Waals surface area contributed by atoms with E-state index in [1.54, 1.807) is 36.8 Å². The molecule has 0 aromatic carbocycles. The molecule has 0 fully saturated rings. The molecule has 0 saturated heterocycles. The maximum Gasteiger partial charge on any atom is 0.266 e. The second kappa shape index (κ2) is 6.21. The van der Waals surface area contributed by atoms with Crippen LogP contribution in [0.25, 0.3) is 0 Å². The molecule has 0 bridgehead atoms. The third-order valence-corrected chi connectivity index (χ3v) is 3.17. The third kappa shape index (κ3) is 3.03. The van der Waals surface area contributed by atoms with Gasteiger partial charge < -0.3 is 10.1 Å². The molecule has 7 heteroatoms. The lowest BCUT2D eigenvalue weighted by molar-refractivity contribution is -0.125. The van der Waals surface area contributed by atoms with E-state index >= 15 is 0 Å². The van der Waals surface area contributed by atoms with E-state index < -0.39 is 0 Å². The Bertz CT molecular complexity index is 690. The highest BCUT2D eigenvalue weighted by Gasteiger charge is 2.28. The van der Waals surface area contributed by atoms with E-state index in [1.165, 1.54) is 4.90 Å². The van der Waals surface area contributed by atoms with Crippen molar-refractivity contribution in [2.75, 3.05) is 18.1 Å². The van der Waals surface area contributed by atoms with Crippen LogP contribution >= 0.6 is 0 Å². The van der Waals surface area contributed by atoms with Crippen LogP contribution in [0.2, 0.25) is 0 Å². The quantitative estimate of drug-likeness (QED) is 0.889. The molecule has 22 heavy (non-hydrogen) atoms. The molecule has 1 aliphatic rings. The molecule has 0 saturated carbocycles. The van der Waals surface area contributed by atoms with Crippen molar-refractivity contribution in [2.45, 2.75) is 6.54 Å². The lowest BCUT2D eigenvalue weighted by Crippen LogP contribution is -2.45. The average Bonchev–Trinajstić information content (AvgIpc) is 2.56. The molecule has 0 aliphatic carbocycles. The van der Waals surface area contributed by atoms with Gasteiger partial charge in [0.1, 0.15) is 6.54 Å². The van der Waals surface area contributed by atoms with Crippen molar-refractivity contribution in [1.82, 2.24) is 15.3 Å². The molecule has 0 radical (unpaired) electrons. The largest absolute Gasteiger partial charge is 0.480 e. The highest BCUT2D eigenvalue weighted by Crippen LogP contribution is 2.28. The van der Waals surface area contributed by atoms with Crippen molar-refractivity contribution in [3.63, 3.8) is 0 Å². The highest BCUT2D eigenvalue weighted by molar-refractivity contribution is 6.01. The fourth-order valence-corrected chi connectivity index (χ4v) is 2.10. The van der Waals surface area contributed by atoms with Crippen LogP contribution in [0.4, 0.5) is 5.82 Å². The van der Waals surface area contributed by atoms with Gasteiger partial charge in [-0.15, -0.1) is 0 Å². The lowest BCUT2D eigenvalue weighted by atomic mass is 10.3. The Morgan fingerprint density at radius 3 is 3.00 bits per heavy atom. The summed E-state index contributed by atoms with van der Waals surface area (Å²) in [6.07, 6.45) is 4.90. The van der Waals surface area contributed by atoms with E-state index in [0.29, 0.717) is 18.1 Å². The van der Waals surface area contributed by atoms with Crippen molar-refractivity contribution in [3.05, 3.63) is 48.4 Å². The molecule has 1 N–H and O–H groups in total. The molecular formula is C15H14N4O3. The van der Waals surface area contributed by atoms with Gasteiger partial charge in [-0.2, -0.15) is 0 Å². The molecule has 3 rings (SSSR count). The normalized spacial score (nSPS) is 13.3. The summed E-state index contributed by atoms with van der Waals surface area (Å²) >= 11 is 0. The van der Waals surface area contributed by atoms with Gasteiger partial charge in [-0.1, -0.05) is 6.07 Å². The van der Waals surface area contributed by atoms with Crippen LogP contribution in [0.15, 0.2) is 42.9 Å². The van der Waals surface area contributed by atoms with Crippen molar-refractivity contribution >= 4 is 17.6 Å². The van der Waals surface area contributed by atoms with Gasteiger partial charge in [-0.05, 0) is 23.8 Å². The topological polar surface area (TPSA) is 84.4 Å². The van der Waals surface area contributed by atoms with Crippen molar-refractivity contribution < 1.29 is 14.3 Å². The maximum atomic E-state index is 12.0. The Morgan fingerprint density at radius 2 is 2.18 bits per heavy atom. The summed E-state index contributed by atoms with van der Waals surface area (Å²) in [7, 11) is 0. The van der Waals surface area contributed by atoms with E-state index in [0.717, 1.165) is 5.56 Å². The van der Waals surface area contributed by atoms with Crippen molar-refractivity contribution in [3.8, 4) is 5.75 Å². The summed E-state index contributed by atoms with van der Waals surface area (Å²) in [5.74, 6) is 0.316. The SMILES string of the molecule is O=C(CN1C(=O)COc2cccnc21)NCc1cccnc1. The van der Waals surface area contributed by atoms with Crippen LogP contribution in [0.5, 0.6) is 5.75 Å². The first-order valence-electron chi connectivity index (χ1n) is 6.78. The van der Waals surface area contributed by atoms with Gasteiger partial charge in [-0.3, -0.25) is 19.5 Å². The van der Waals surface area contributed by atoms with Gasteiger partial charge in [0.15, 0.2) is 18.2 Å². The number of pyridine rings is 2. The van der Waals surface area contributed by atoms with Crippen LogP contribution in [-0.4, -0.2) is 34.9 Å². The third-order valence-electron chi connectivity index (χ3n) is 3.17. The molecule has 2 aromatic heterocycles. The Labute approximate surface area is 126 Å². The predicted molar refractivity (Wildman–Crippen MR) is 78.2 cm³/mol. The smallest absolute Gasteiger partial charge is 0.266 e. The molecular weight excluding hydrogens is 284 g/mol. The van der Waals surface area contributed by atoms with Crippen molar-refractivity contribution in [2.24, 2.45) is 0 Å². The van der Waals surface area contributed by atoms with Gasteiger partial charge in [0, 0.05) is 25.1 Å². The number of hydrogen-bond donors (Lipinski definition) is 1. The molecule has 0 spiro atoms. The summed E-state index contributed by atoms with van der Waals surface area (Å²) in [6, 6.07) is 7.10. The Hall–Kier alpha value is -2.96. The fourth-order valence-electron chi connectivity index (χ4n) is 2.10. The van der Waals surface area contributed by atoms with E-state index in [1.807, 2.05) is 6.07 Å². The minimum absolute atomic E-state index is 0.0887. The predicted octanol–water partition coefficient (Wildman–Crippen LogP) is 0.518. The molecule has 3 heterocycles. The Morgan fingerprint density at radius 1 is 1.32 bits per heavy atom. The number of carbonyl (C=O) groups excluding carboxylic acids is 2. The number of nitrogens with one attached hydrogen (secondary N) is 1. The first kappa shape index (κ1) is 14.0. The number of carbonyl (C=O) groups is 2. The second-order valence-corrected chi connectivity index (χ2v) is 4.73. The summed E-state index contributed by atoms with van der Waals surface area (Å²) in [6.45, 7) is 0.182. The first-order chi connectivity index (χ1) is 10.7. The Balaban J connectivity index is 1.65.